The second kappa shape index (κ2) is 6.26. The minimum Gasteiger partial charge on any atom is -0.319 e. The first-order valence-corrected chi connectivity index (χ1v) is 7.25. The molecule has 1 atom stereocenters. The Bertz CT molecular complexity index is 503. The van der Waals surface area contributed by atoms with Gasteiger partial charge in [-0.2, -0.15) is 0 Å². The molecule has 2 N–H and O–H groups in total. The fourth-order valence-corrected chi connectivity index (χ4v) is 2.89. The third-order valence-electron chi connectivity index (χ3n) is 2.55. The van der Waals surface area contributed by atoms with Crippen LogP contribution in [0.25, 0.3) is 0 Å². The highest BCUT2D eigenvalue weighted by atomic mass is 32.2. The van der Waals surface area contributed by atoms with Gasteiger partial charge in [0, 0.05) is 6.54 Å². The molecule has 1 unspecified atom stereocenters. The number of halogens is 1. The van der Waals surface area contributed by atoms with Crippen molar-refractivity contribution in [3.05, 3.63) is 29.6 Å². The summed E-state index contributed by atoms with van der Waals surface area (Å²) >= 11 is 0. The standard InChI is InChI=1S/C12H19FN2O2S/c1-9-4-5-11(13)12(6-9)18(16,17)15-8-10(2)7-14-3/h4-6,10,14-15H,7-8H2,1-3H3. The van der Waals surface area contributed by atoms with Gasteiger partial charge in [0.2, 0.25) is 10.0 Å². The summed E-state index contributed by atoms with van der Waals surface area (Å²) in [5.41, 5.74) is 0.708. The van der Waals surface area contributed by atoms with Crippen LogP contribution in [0.1, 0.15) is 12.5 Å². The van der Waals surface area contributed by atoms with Gasteiger partial charge >= 0.3 is 0 Å². The van der Waals surface area contributed by atoms with Crippen molar-refractivity contribution in [2.24, 2.45) is 5.92 Å². The highest BCUT2D eigenvalue weighted by Crippen LogP contribution is 2.15. The zero-order valence-corrected chi connectivity index (χ0v) is 11.6. The maximum Gasteiger partial charge on any atom is 0.243 e. The van der Waals surface area contributed by atoms with Gasteiger partial charge in [-0.25, -0.2) is 17.5 Å². The van der Waals surface area contributed by atoms with Gasteiger partial charge in [-0.15, -0.1) is 0 Å². The van der Waals surface area contributed by atoms with Crippen molar-refractivity contribution in [3.8, 4) is 0 Å². The van der Waals surface area contributed by atoms with E-state index < -0.39 is 15.8 Å². The summed E-state index contributed by atoms with van der Waals surface area (Å²) in [6.07, 6.45) is 0. The van der Waals surface area contributed by atoms with Crippen LogP contribution in [-0.2, 0) is 10.0 Å². The van der Waals surface area contributed by atoms with Gasteiger partial charge < -0.3 is 5.32 Å². The number of nitrogens with one attached hydrogen (secondary N) is 2. The zero-order valence-electron chi connectivity index (χ0n) is 10.8. The first kappa shape index (κ1) is 15.1. The summed E-state index contributed by atoms with van der Waals surface area (Å²) in [4.78, 5) is -0.292. The van der Waals surface area contributed by atoms with E-state index in [4.69, 9.17) is 0 Å². The van der Waals surface area contributed by atoms with Gasteiger partial charge in [-0.3, -0.25) is 0 Å². The average Bonchev–Trinajstić information content (AvgIpc) is 2.30. The summed E-state index contributed by atoms with van der Waals surface area (Å²) in [6, 6.07) is 4.04. The van der Waals surface area contributed by atoms with E-state index in [1.165, 1.54) is 18.2 Å². The lowest BCUT2D eigenvalue weighted by Crippen LogP contribution is -2.32. The van der Waals surface area contributed by atoms with Gasteiger partial charge in [0.1, 0.15) is 10.7 Å². The number of aryl methyl sites for hydroxylation is 1. The van der Waals surface area contributed by atoms with E-state index in [0.29, 0.717) is 12.1 Å². The van der Waals surface area contributed by atoms with Crippen molar-refractivity contribution in [1.82, 2.24) is 10.0 Å². The summed E-state index contributed by atoms with van der Waals surface area (Å²) in [5, 5.41) is 2.96. The number of benzene rings is 1. The van der Waals surface area contributed by atoms with Crippen LogP contribution in [-0.4, -0.2) is 28.6 Å². The molecule has 1 aromatic carbocycles. The number of sulfonamides is 1. The topological polar surface area (TPSA) is 58.2 Å². The lowest BCUT2D eigenvalue weighted by molar-refractivity contribution is 0.513. The molecule has 0 aliphatic rings. The molecule has 18 heavy (non-hydrogen) atoms. The van der Waals surface area contributed by atoms with Crippen molar-refractivity contribution in [2.75, 3.05) is 20.1 Å². The molecule has 0 heterocycles. The molecule has 0 fully saturated rings. The molecule has 1 rings (SSSR count). The SMILES string of the molecule is CNCC(C)CNS(=O)(=O)c1cc(C)ccc1F. The molecule has 0 aliphatic heterocycles. The molecule has 0 bridgehead atoms. The minimum atomic E-state index is -3.78. The normalized spacial score (nSPS) is 13.6. The van der Waals surface area contributed by atoms with Crippen molar-refractivity contribution in [2.45, 2.75) is 18.7 Å². The van der Waals surface area contributed by atoms with E-state index in [-0.39, 0.29) is 17.4 Å². The third-order valence-corrected chi connectivity index (χ3v) is 3.99. The number of hydrogen-bond acceptors (Lipinski definition) is 3. The van der Waals surface area contributed by atoms with Crippen LogP contribution in [0.15, 0.2) is 23.1 Å². The molecule has 0 saturated carbocycles. The molecule has 0 spiro atoms. The summed E-state index contributed by atoms with van der Waals surface area (Å²) in [5.74, 6) is -0.591. The molecule has 4 nitrogen and oxygen atoms in total. The second-order valence-corrected chi connectivity index (χ2v) is 6.18. The van der Waals surface area contributed by atoms with Gasteiger partial charge in [0.25, 0.3) is 0 Å². The molecule has 0 radical (unpaired) electrons. The van der Waals surface area contributed by atoms with Crippen molar-refractivity contribution < 1.29 is 12.8 Å². The Morgan fingerprint density at radius 1 is 1.33 bits per heavy atom. The van der Waals surface area contributed by atoms with Gasteiger partial charge in [-0.05, 0) is 44.1 Å². The predicted octanol–water partition coefficient (Wildman–Crippen LogP) is 1.27. The molecule has 0 amide bonds. The van der Waals surface area contributed by atoms with Gasteiger partial charge in [0.15, 0.2) is 0 Å². The first-order chi connectivity index (χ1) is 8.36. The number of hydrogen-bond donors (Lipinski definition) is 2. The lowest BCUT2D eigenvalue weighted by Gasteiger charge is -2.13. The van der Waals surface area contributed by atoms with Crippen LogP contribution < -0.4 is 10.0 Å². The van der Waals surface area contributed by atoms with E-state index in [1.54, 1.807) is 14.0 Å². The van der Waals surface area contributed by atoms with E-state index in [0.717, 1.165) is 0 Å². The minimum absolute atomic E-state index is 0.137. The van der Waals surface area contributed by atoms with Crippen LogP contribution in [0, 0.1) is 18.7 Å². The Labute approximate surface area is 108 Å². The summed E-state index contributed by atoms with van der Waals surface area (Å²) in [6.45, 7) is 4.60. The summed E-state index contributed by atoms with van der Waals surface area (Å²) in [7, 11) is -1.98. The quantitative estimate of drug-likeness (QED) is 0.821. The monoisotopic (exact) mass is 274 g/mol. The molecular formula is C12H19FN2O2S. The number of rotatable bonds is 6. The zero-order chi connectivity index (χ0) is 13.8. The van der Waals surface area contributed by atoms with E-state index >= 15 is 0 Å². The Morgan fingerprint density at radius 3 is 2.61 bits per heavy atom. The summed E-state index contributed by atoms with van der Waals surface area (Å²) < 4.78 is 39.8. The van der Waals surface area contributed by atoms with Crippen LogP contribution in [0.3, 0.4) is 0 Å². The van der Waals surface area contributed by atoms with Crippen molar-refractivity contribution in [1.29, 1.82) is 0 Å². The largest absolute Gasteiger partial charge is 0.319 e. The van der Waals surface area contributed by atoms with Crippen LogP contribution in [0.5, 0.6) is 0 Å². The lowest BCUT2D eigenvalue weighted by atomic mass is 10.2. The second-order valence-electron chi connectivity index (χ2n) is 4.45. The molecule has 1 aromatic rings. The van der Waals surface area contributed by atoms with E-state index in [9.17, 15) is 12.8 Å². The Morgan fingerprint density at radius 2 is 2.00 bits per heavy atom. The van der Waals surface area contributed by atoms with Gasteiger partial charge in [0.05, 0.1) is 0 Å². The first-order valence-electron chi connectivity index (χ1n) is 5.77. The van der Waals surface area contributed by atoms with E-state index in [2.05, 4.69) is 10.0 Å². The Balaban J connectivity index is 2.83. The van der Waals surface area contributed by atoms with Crippen LogP contribution >= 0.6 is 0 Å². The van der Waals surface area contributed by atoms with Crippen molar-refractivity contribution in [3.63, 3.8) is 0 Å². The molecule has 0 aliphatic carbocycles. The molecule has 102 valence electrons. The Hall–Kier alpha value is -0.980. The van der Waals surface area contributed by atoms with Crippen molar-refractivity contribution >= 4 is 10.0 Å². The van der Waals surface area contributed by atoms with Crippen LogP contribution in [0.4, 0.5) is 4.39 Å². The predicted molar refractivity (Wildman–Crippen MR) is 69.4 cm³/mol. The fourth-order valence-electron chi connectivity index (χ4n) is 1.57. The van der Waals surface area contributed by atoms with Crippen LogP contribution in [0.2, 0.25) is 0 Å². The average molecular weight is 274 g/mol. The highest BCUT2D eigenvalue weighted by Gasteiger charge is 2.19. The van der Waals surface area contributed by atoms with Gasteiger partial charge in [-0.1, -0.05) is 13.0 Å². The smallest absolute Gasteiger partial charge is 0.243 e. The van der Waals surface area contributed by atoms with E-state index in [1.807, 2.05) is 6.92 Å². The Kier molecular flexibility index (Phi) is 5.25. The molecule has 0 aromatic heterocycles. The molecule has 6 heteroatoms. The maximum absolute atomic E-state index is 13.5. The maximum atomic E-state index is 13.5. The fraction of sp³-hybridized carbons (Fsp3) is 0.500. The third kappa shape index (κ3) is 4.04. The molecular weight excluding hydrogens is 255 g/mol. The molecule has 0 saturated heterocycles. The highest BCUT2D eigenvalue weighted by molar-refractivity contribution is 7.89.